The van der Waals surface area contributed by atoms with Crippen molar-refractivity contribution in [2.24, 2.45) is 0 Å². The highest BCUT2D eigenvalue weighted by molar-refractivity contribution is 7.89. The fraction of sp³-hybridized carbons (Fsp3) is 0.227. The van der Waals surface area contributed by atoms with Crippen molar-refractivity contribution in [1.29, 1.82) is 0 Å². The number of furan rings is 1. The molecule has 0 unspecified atom stereocenters. The first-order valence-electron chi connectivity index (χ1n) is 9.32. The molecule has 2 aromatic carbocycles. The van der Waals surface area contributed by atoms with Gasteiger partial charge in [0.2, 0.25) is 5.09 Å². The molecule has 0 radical (unpaired) electrons. The van der Waals surface area contributed by atoms with Crippen LogP contribution in [-0.2, 0) is 10.0 Å². The molecule has 0 aliphatic carbocycles. The first-order chi connectivity index (χ1) is 14.0. The van der Waals surface area contributed by atoms with E-state index in [0.717, 1.165) is 5.56 Å². The summed E-state index contributed by atoms with van der Waals surface area (Å²) in [4.78, 5) is 12.6. The fourth-order valence-electron chi connectivity index (χ4n) is 2.69. The van der Waals surface area contributed by atoms with Crippen molar-refractivity contribution >= 4 is 21.6 Å². The zero-order valence-corrected chi connectivity index (χ0v) is 18.0. The van der Waals surface area contributed by atoms with E-state index < -0.39 is 21.5 Å². The molecule has 7 nitrogen and oxygen atoms in total. The molecule has 0 spiro atoms. The largest absolute Gasteiger partial charge is 0.455 e. The third kappa shape index (κ3) is 5.49. The summed E-state index contributed by atoms with van der Waals surface area (Å²) >= 11 is 0. The van der Waals surface area contributed by atoms with Crippen LogP contribution in [-0.4, -0.2) is 19.9 Å². The van der Waals surface area contributed by atoms with E-state index >= 15 is 0 Å². The van der Waals surface area contributed by atoms with Crippen molar-refractivity contribution in [3.05, 3.63) is 72.0 Å². The second kappa shape index (κ2) is 8.33. The van der Waals surface area contributed by atoms with Crippen LogP contribution in [0.1, 0.15) is 36.9 Å². The maximum absolute atomic E-state index is 12.6. The van der Waals surface area contributed by atoms with Crippen LogP contribution in [0.25, 0.3) is 0 Å². The summed E-state index contributed by atoms with van der Waals surface area (Å²) in [6, 6.07) is 17.0. The van der Waals surface area contributed by atoms with Crippen LogP contribution in [0.15, 0.2) is 70.2 Å². The van der Waals surface area contributed by atoms with Crippen molar-refractivity contribution in [1.82, 2.24) is 4.72 Å². The SMILES string of the molecule is Cc1cccc(Oc2ccccc2NC(=O)c2ccc(S(=O)(=O)NC(C)(C)C)o2)c1. The molecule has 2 N–H and O–H groups in total. The van der Waals surface area contributed by atoms with E-state index in [0.29, 0.717) is 17.2 Å². The van der Waals surface area contributed by atoms with Crippen LogP contribution >= 0.6 is 0 Å². The van der Waals surface area contributed by atoms with E-state index in [1.165, 1.54) is 12.1 Å². The van der Waals surface area contributed by atoms with Crippen LogP contribution in [0.3, 0.4) is 0 Å². The lowest BCUT2D eigenvalue weighted by Gasteiger charge is -2.19. The molecule has 1 aromatic heterocycles. The number of para-hydroxylation sites is 2. The Bertz CT molecular complexity index is 1160. The normalized spacial score (nSPS) is 11.9. The molecular weight excluding hydrogens is 404 g/mol. The Kier molecular flexibility index (Phi) is 6.00. The van der Waals surface area contributed by atoms with Crippen LogP contribution in [0, 0.1) is 6.92 Å². The maximum atomic E-state index is 12.6. The summed E-state index contributed by atoms with van der Waals surface area (Å²) < 4.78 is 38.4. The number of carbonyl (C=O) groups is 1. The lowest BCUT2D eigenvalue weighted by Crippen LogP contribution is -2.40. The number of ether oxygens (including phenoxy) is 1. The van der Waals surface area contributed by atoms with Gasteiger partial charge in [-0.15, -0.1) is 0 Å². The molecule has 158 valence electrons. The lowest BCUT2D eigenvalue weighted by molar-refractivity contribution is 0.0991. The number of nitrogens with one attached hydrogen (secondary N) is 2. The van der Waals surface area contributed by atoms with Crippen LogP contribution in [0.2, 0.25) is 0 Å². The first-order valence-corrected chi connectivity index (χ1v) is 10.8. The number of sulfonamides is 1. The number of rotatable bonds is 6. The average molecular weight is 429 g/mol. The predicted molar refractivity (Wildman–Crippen MR) is 114 cm³/mol. The molecule has 0 saturated carbocycles. The Hall–Kier alpha value is -3.10. The zero-order chi connectivity index (χ0) is 21.9. The van der Waals surface area contributed by atoms with Crippen molar-refractivity contribution in [2.45, 2.75) is 38.3 Å². The third-order valence-corrected chi connectivity index (χ3v) is 5.49. The molecule has 1 heterocycles. The molecule has 0 fully saturated rings. The van der Waals surface area contributed by atoms with Gasteiger partial charge in [-0.25, -0.2) is 13.1 Å². The molecule has 0 saturated heterocycles. The summed E-state index contributed by atoms with van der Waals surface area (Å²) in [5.41, 5.74) is 0.792. The minimum absolute atomic E-state index is 0.130. The highest BCUT2D eigenvalue weighted by atomic mass is 32.2. The Morgan fingerprint density at radius 3 is 2.43 bits per heavy atom. The van der Waals surface area contributed by atoms with Gasteiger partial charge in [-0.3, -0.25) is 4.79 Å². The molecule has 0 aliphatic heterocycles. The summed E-state index contributed by atoms with van der Waals surface area (Å²) in [6.07, 6.45) is 0. The average Bonchev–Trinajstić information content (AvgIpc) is 3.13. The number of hydrogen-bond acceptors (Lipinski definition) is 5. The summed E-state index contributed by atoms with van der Waals surface area (Å²) in [7, 11) is -3.88. The zero-order valence-electron chi connectivity index (χ0n) is 17.2. The van der Waals surface area contributed by atoms with Gasteiger partial charge < -0.3 is 14.5 Å². The number of carbonyl (C=O) groups excluding carboxylic acids is 1. The molecule has 1 amide bonds. The van der Waals surface area contributed by atoms with Gasteiger partial charge in [-0.05, 0) is 69.7 Å². The summed E-state index contributed by atoms with van der Waals surface area (Å²) in [6.45, 7) is 7.10. The van der Waals surface area contributed by atoms with Gasteiger partial charge in [0.1, 0.15) is 5.75 Å². The Balaban J connectivity index is 1.78. The van der Waals surface area contributed by atoms with E-state index in [2.05, 4.69) is 10.0 Å². The van der Waals surface area contributed by atoms with Gasteiger partial charge in [0.15, 0.2) is 11.5 Å². The number of benzene rings is 2. The minimum Gasteiger partial charge on any atom is -0.455 e. The summed E-state index contributed by atoms with van der Waals surface area (Å²) in [5, 5.41) is 2.37. The van der Waals surface area contributed by atoms with Crippen molar-refractivity contribution in [3.63, 3.8) is 0 Å². The minimum atomic E-state index is -3.88. The van der Waals surface area contributed by atoms with E-state index in [9.17, 15) is 13.2 Å². The van der Waals surface area contributed by atoms with Gasteiger partial charge in [0, 0.05) is 5.54 Å². The van der Waals surface area contributed by atoms with Crippen molar-refractivity contribution in [3.8, 4) is 11.5 Å². The van der Waals surface area contributed by atoms with Gasteiger partial charge >= 0.3 is 0 Å². The second-order valence-electron chi connectivity index (χ2n) is 7.84. The first kappa shape index (κ1) is 21.6. The summed E-state index contributed by atoms with van der Waals surface area (Å²) in [5.74, 6) is 0.365. The second-order valence-corrected chi connectivity index (χ2v) is 9.46. The van der Waals surface area contributed by atoms with Crippen LogP contribution < -0.4 is 14.8 Å². The molecule has 8 heteroatoms. The third-order valence-electron chi connectivity index (χ3n) is 3.86. The van der Waals surface area contributed by atoms with E-state index in [1.807, 2.05) is 31.2 Å². The maximum Gasteiger partial charge on any atom is 0.291 e. The molecule has 0 aliphatic rings. The Morgan fingerprint density at radius 1 is 1.00 bits per heavy atom. The molecule has 0 bridgehead atoms. The Labute approximate surface area is 176 Å². The number of amides is 1. The van der Waals surface area contributed by atoms with Gasteiger partial charge in [-0.1, -0.05) is 24.3 Å². The topological polar surface area (TPSA) is 97.6 Å². The van der Waals surface area contributed by atoms with E-state index in [-0.39, 0.29) is 10.9 Å². The van der Waals surface area contributed by atoms with Crippen molar-refractivity contribution in [2.75, 3.05) is 5.32 Å². The Morgan fingerprint density at radius 2 is 1.73 bits per heavy atom. The van der Waals surface area contributed by atoms with Gasteiger partial charge in [0.25, 0.3) is 15.9 Å². The molecule has 30 heavy (non-hydrogen) atoms. The molecule has 3 aromatic rings. The number of anilines is 1. The molecular formula is C22H24N2O5S. The van der Waals surface area contributed by atoms with E-state index in [4.69, 9.17) is 9.15 Å². The quantitative estimate of drug-likeness (QED) is 0.593. The van der Waals surface area contributed by atoms with E-state index in [1.54, 1.807) is 45.0 Å². The number of aryl methyl sites for hydroxylation is 1. The van der Waals surface area contributed by atoms with Gasteiger partial charge in [-0.2, -0.15) is 0 Å². The number of hydrogen-bond donors (Lipinski definition) is 2. The molecule has 3 rings (SSSR count). The fourth-order valence-corrected chi connectivity index (χ4v) is 4.04. The smallest absolute Gasteiger partial charge is 0.291 e. The predicted octanol–water partition coefficient (Wildman–Crippen LogP) is 4.71. The van der Waals surface area contributed by atoms with Crippen molar-refractivity contribution < 1.29 is 22.4 Å². The lowest BCUT2D eigenvalue weighted by atomic mass is 10.1. The molecule has 0 atom stereocenters. The van der Waals surface area contributed by atoms with Gasteiger partial charge in [0.05, 0.1) is 5.69 Å². The highest BCUT2D eigenvalue weighted by Crippen LogP contribution is 2.30. The van der Waals surface area contributed by atoms with Crippen LogP contribution in [0.5, 0.6) is 11.5 Å². The standard InChI is InChI=1S/C22H24N2O5S/c1-15-8-7-9-16(14-15)28-18-11-6-5-10-17(18)23-21(25)19-12-13-20(29-19)30(26,27)24-22(2,3)4/h5-14,24H,1-4H3,(H,23,25). The monoisotopic (exact) mass is 428 g/mol. The highest BCUT2D eigenvalue weighted by Gasteiger charge is 2.26. The van der Waals surface area contributed by atoms with Crippen LogP contribution in [0.4, 0.5) is 5.69 Å².